The van der Waals surface area contributed by atoms with Crippen molar-refractivity contribution in [2.24, 2.45) is 0 Å². The Balaban J connectivity index is 2.34. The van der Waals surface area contributed by atoms with Gasteiger partial charge in [-0.1, -0.05) is 28.1 Å². The fourth-order valence-corrected chi connectivity index (χ4v) is 1.75. The predicted molar refractivity (Wildman–Crippen MR) is 70.9 cm³/mol. The quantitative estimate of drug-likeness (QED) is 0.648. The highest BCUT2D eigenvalue weighted by molar-refractivity contribution is 9.08. The van der Waals surface area contributed by atoms with Crippen LogP contribution < -0.4 is 5.32 Å². The second-order valence-electron chi connectivity index (χ2n) is 3.70. The molecule has 1 rings (SSSR count). The Morgan fingerprint density at radius 3 is 2.59 bits per heavy atom. The Kier molecular flexibility index (Phi) is 6.34. The van der Waals surface area contributed by atoms with Crippen LogP contribution in [-0.2, 0) is 5.33 Å². The number of hydrogen-bond donors (Lipinski definition) is 1. The van der Waals surface area contributed by atoms with Gasteiger partial charge in [-0.2, -0.15) is 5.26 Å². The van der Waals surface area contributed by atoms with E-state index in [2.05, 4.69) is 27.3 Å². The van der Waals surface area contributed by atoms with Crippen LogP contribution in [0.3, 0.4) is 0 Å². The summed E-state index contributed by atoms with van der Waals surface area (Å²) in [5.41, 5.74) is 1.82. The summed E-state index contributed by atoms with van der Waals surface area (Å²) < 4.78 is 0. The monoisotopic (exact) mass is 294 g/mol. The number of nitrogens with one attached hydrogen (secondary N) is 1. The van der Waals surface area contributed by atoms with Gasteiger partial charge >= 0.3 is 0 Å². The van der Waals surface area contributed by atoms with E-state index < -0.39 is 0 Å². The van der Waals surface area contributed by atoms with Crippen LogP contribution >= 0.6 is 15.9 Å². The largest absolute Gasteiger partial charge is 0.352 e. The number of alkyl halides is 1. The highest BCUT2D eigenvalue weighted by atomic mass is 79.9. The van der Waals surface area contributed by atoms with Crippen LogP contribution in [0.2, 0.25) is 0 Å². The molecule has 1 amide bonds. The predicted octanol–water partition coefficient (Wildman–Crippen LogP) is 3.01. The van der Waals surface area contributed by atoms with Gasteiger partial charge in [0.15, 0.2) is 0 Å². The maximum absolute atomic E-state index is 11.7. The first-order valence-corrected chi connectivity index (χ1v) is 6.70. The minimum absolute atomic E-state index is 0.0527. The summed E-state index contributed by atoms with van der Waals surface area (Å²) in [5.74, 6) is -0.0527. The van der Waals surface area contributed by atoms with Crippen LogP contribution in [0.25, 0.3) is 0 Å². The number of nitriles is 1. The maximum atomic E-state index is 11.7. The van der Waals surface area contributed by atoms with Crippen molar-refractivity contribution >= 4 is 21.8 Å². The molecule has 4 heteroatoms. The minimum atomic E-state index is -0.0527. The molecule has 0 saturated carbocycles. The Morgan fingerprint density at radius 1 is 1.29 bits per heavy atom. The molecule has 1 aromatic carbocycles. The zero-order valence-corrected chi connectivity index (χ0v) is 11.2. The first-order valence-electron chi connectivity index (χ1n) is 5.58. The normalized spacial score (nSPS) is 9.65. The molecule has 0 fully saturated rings. The second kappa shape index (κ2) is 7.86. The summed E-state index contributed by atoms with van der Waals surface area (Å²) in [6, 6.07) is 9.58. The molecule has 0 heterocycles. The zero-order valence-electron chi connectivity index (χ0n) is 9.58. The lowest BCUT2D eigenvalue weighted by Gasteiger charge is -2.04. The molecule has 1 aromatic rings. The highest BCUT2D eigenvalue weighted by Crippen LogP contribution is 2.07. The van der Waals surface area contributed by atoms with Gasteiger partial charge in [0.1, 0.15) is 0 Å². The van der Waals surface area contributed by atoms with E-state index in [0.29, 0.717) is 18.5 Å². The van der Waals surface area contributed by atoms with Crippen LogP contribution in [0.15, 0.2) is 24.3 Å². The molecule has 17 heavy (non-hydrogen) atoms. The summed E-state index contributed by atoms with van der Waals surface area (Å²) in [5, 5.41) is 12.0. The third-order valence-corrected chi connectivity index (χ3v) is 3.02. The molecule has 1 N–H and O–H groups in total. The van der Waals surface area contributed by atoms with Gasteiger partial charge in [0.05, 0.1) is 6.07 Å². The van der Waals surface area contributed by atoms with Crippen LogP contribution in [0.5, 0.6) is 0 Å². The van der Waals surface area contributed by atoms with Gasteiger partial charge in [0.2, 0.25) is 0 Å². The number of carbonyl (C=O) groups is 1. The molecule has 3 nitrogen and oxygen atoms in total. The Labute approximate surface area is 110 Å². The fourth-order valence-electron chi connectivity index (χ4n) is 1.38. The third-order valence-electron chi connectivity index (χ3n) is 2.37. The van der Waals surface area contributed by atoms with Crippen molar-refractivity contribution in [2.75, 3.05) is 6.54 Å². The molecule has 0 radical (unpaired) electrons. The topological polar surface area (TPSA) is 52.9 Å². The Hall–Kier alpha value is -1.34. The highest BCUT2D eigenvalue weighted by Gasteiger charge is 2.03. The van der Waals surface area contributed by atoms with Crippen molar-refractivity contribution in [3.63, 3.8) is 0 Å². The van der Waals surface area contributed by atoms with E-state index >= 15 is 0 Å². The summed E-state index contributed by atoms with van der Waals surface area (Å²) >= 11 is 3.36. The third kappa shape index (κ3) is 5.01. The molecule has 0 spiro atoms. The summed E-state index contributed by atoms with van der Waals surface area (Å²) in [4.78, 5) is 11.7. The van der Waals surface area contributed by atoms with Gasteiger partial charge in [0, 0.05) is 23.9 Å². The number of amides is 1. The fraction of sp³-hybridized carbons (Fsp3) is 0.385. The minimum Gasteiger partial charge on any atom is -0.352 e. The molecule has 0 atom stereocenters. The summed E-state index contributed by atoms with van der Waals surface area (Å²) in [6.45, 7) is 0.626. The summed E-state index contributed by atoms with van der Waals surface area (Å²) in [6.07, 6.45) is 2.23. The lowest BCUT2D eigenvalue weighted by atomic mass is 10.1. The standard InChI is InChI=1S/C13H15BrN2O/c14-10-11-4-6-12(7-5-11)13(17)16-9-3-1-2-8-15/h4-7H,1-3,9-10H2,(H,16,17). The van der Waals surface area contributed by atoms with E-state index in [1.165, 1.54) is 0 Å². The number of rotatable bonds is 6. The van der Waals surface area contributed by atoms with Gasteiger partial charge in [-0.05, 0) is 30.5 Å². The molecule has 0 aliphatic heterocycles. The van der Waals surface area contributed by atoms with E-state index in [0.717, 1.165) is 23.7 Å². The molecule has 0 saturated heterocycles. The summed E-state index contributed by atoms with van der Waals surface area (Å²) in [7, 11) is 0. The van der Waals surface area contributed by atoms with E-state index in [4.69, 9.17) is 5.26 Å². The first-order chi connectivity index (χ1) is 8.27. The van der Waals surface area contributed by atoms with Crippen LogP contribution in [-0.4, -0.2) is 12.5 Å². The van der Waals surface area contributed by atoms with Gasteiger partial charge < -0.3 is 5.32 Å². The van der Waals surface area contributed by atoms with E-state index in [-0.39, 0.29) is 5.91 Å². The van der Waals surface area contributed by atoms with Crippen molar-refractivity contribution < 1.29 is 4.79 Å². The maximum Gasteiger partial charge on any atom is 0.251 e. The average molecular weight is 295 g/mol. The second-order valence-corrected chi connectivity index (χ2v) is 4.26. The van der Waals surface area contributed by atoms with Gasteiger partial charge in [0.25, 0.3) is 5.91 Å². The molecular weight excluding hydrogens is 280 g/mol. The van der Waals surface area contributed by atoms with Crippen LogP contribution in [0, 0.1) is 11.3 Å². The van der Waals surface area contributed by atoms with Gasteiger partial charge in [-0.25, -0.2) is 0 Å². The Morgan fingerprint density at radius 2 is 2.00 bits per heavy atom. The average Bonchev–Trinajstić information content (AvgIpc) is 2.38. The van der Waals surface area contributed by atoms with E-state index in [1.807, 2.05) is 24.3 Å². The van der Waals surface area contributed by atoms with Crippen LogP contribution in [0.1, 0.15) is 35.2 Å². The van der Waals surface area contributed by atoms with Crippen molar-refractivity contribution in [3.8, 4) is 6.07 Å². The molecule has 0 aliphatic rings. The molecule has 90 valence electrons. The van der Waals surface area contributed by atoms with Crippen molar-refractivity contribution in [3.05, 3.63) is 35.4 Å². The van der Waals surface area contributed by atoms with E-state index in [9.17, 15) is 4.79 Å². The number of hydrogen-bond acceptors (Lipinski definition) is 2. The number of nitrogens with zero attached hydrogens (tertiary/aromatic N) is 1. The number of unbranched alkanes of at least 4 members (excludes halogenated alkanes) is 2. The molecule has 0 bridgehead atoms. The van der Waals surface area contributed by atoms with Crippen molar-refractivity contribution in [1.82, 2.24) is 5.32 Å². The number of carbonyl (C=O) groups excluding carboxylic acids is 1. The molecule has 0 aromatic heterocycles. The van der Waals surface area contributed by atoms with Gasteiger partial charge in [-0.3, -0.25) is 4.79 Å². The zero-order chi connectivity index (χ0) is 12.5. The lowest BCUT2D eigenvalue weighted by Crippen LogP contribution is -2.24. The first kappa shape index (κ1) is 13.7. The molecule has 0 aliphatic carbocycles. The smallest absolute Gasteiger partial charge is 0.251 e. The van der Waals surface area contributed by atoms with Crippen molar-refractivity contribution in [2.45, 2.75) is 24.6 Å². The van der Waals surface area contributed by atoms with Crippen molar-refractivity contribution in [1.29, 1.82) is 5.26 Å². The van der Waals surface area contributed by atoms with Gasteiger partial charge in [-0.15, -0.1) is 0 Å². The molecule has 0 unspecified atom stereocenters. The number of benzene rings is 1. The SMILES string of the molecule is N#CCCCCNC(=O)c1ccc(CBr)cc1. The number of halogens is 1. The molecular formula is C13H15BrN2O. The lowest BCUT2D eigenvalue weighted by molar-refractivity contribution is 0.0953. The Bertz CT molecular complexity index is 395. The van der Waals surface area contributed by atoms with E-state index in [1.54, 1.807) is 0 Å². The van der Waals surface area contributed by atoms with Crippen LogP contribution in [0.4, 0.5) is 0 Å².